The lowest BCUT2D eigenvalue weighted by Gasteiger charge is -2.07. The average molecular weight is 237 g/mol. The number of aryl methyl sites for hydroxylation is 1. The van der Waals surface area contributed by atoms with Gasteiger partial charge in [-0.05, 0) is 38.3 Å². The van der Waals surface area contributed by atoms with Crippen LogP contribution in [-0.4, -0.2) is 17.5 Å². The number of nitrogens with two attached hydrogens (primary N) is 1. The maximum absolute atomic E-state index is 10.8. The molecule has 0 unspecified atom stereocenters. The predicted octanol–water partition coefficient (Wildman–Crippen LogP) is 1.32. The zero-order valence-corrected chi connectivity index (χ0v) is 10.1. The van der Waals surface area contributed by atoms with Crippen molar-refractivity contribution in [2.75, 3.05) is 6.61 Å². The highest BCUT2D eigenvalue weighted by Crippen LogP contribution is 2.14. The zero-order valence-electron chi connectivity index (χ0n) is 10.1. The van der Waals surface area contributed by atoms with E-state index in [0.717, 1.165) is 30.7 Å². The topological polar surface area (TPSA) is 77.2 Å². The van der Waals surface area contributed by atoms with Crippen LogP contribution < -0.4 is 16.0 Å². The van der Waals surface area contributed by atoms with E-state index in [2.05, 4.69) is 10.4 Å². The highest BCUT2D eigenvalue weighted by Gasteiger charge is 2.00. The Balaban J connectivity index is 2.09. The Hall–Kier alpha value is -1.62. The van der Waals surface area contributed by atoms with Crippen LogP contribution in [0.5, 0.6) is 5.75 Å². The first-order chi connectivity index (χ1) is 8.24. The molecule has 0 bridgehead atoms. The van der Waals surface area contributed by atoms with Crippen LogP contribution in [0, 0.1) is 6.92 Å². The Morgan fingerprint density at radius 1 is 1.47 bits per heavy atom. The second-order valence-corrected chi connectivity index (χ2v) is 3.81. The van der Waals surface area contributed by atoms with Crippen LogP contribution in [0.2, 0.25) is 0 Å². The van der Waals surface area contributed by atoms with E-state index in [0.29, 0.717) is 13.0 Å². The van der Waals surface area contributed by atoms with Crippen LogP contribution in [0.15, 0.2) is 18.3 Å². The third-order valence-corrected chi connectivity index (χ3v) is 2.43. The summed E-state index contributed by atoms with van der Waals surface area (Å²) in [6, 6.07) is 3.76. The summed E-state index contributed by atoms with van der Waals surface area (Å²) in [6.45, 7) is 2.57. The number of unbranched alkanes of at least 4 members (excludes halogenated alkanes) is 2. The molecule has 0 spiro atoms. The zero-order chi connectivity index (χ0) is 12.5. The summed E-state index contributed by atoms with van der Waals surface area (Å²) in [5.74, 6) is 5.68. The fourth-order valence-corrected chi connectivity index (χ4v) is 1.44. The summed E-state index contributed by atoms with van der Waals surface area (Å²) >= 11 is 0. The first-order valence-electron chi connectivity index (χ1n) is 5.78. The monoisotopic (exact) mass is 237 g/mol. The minimum Gasteiger partial charge on any atom is -0.492 e. The Morgan fingerprint density at radius 3 is 3.00 bits per heavy atom. The van der Waals surface area contributed by atoms with Gasteiger partial charge in [-0.3, -0.25) is 15.2 Å². The van der Waals surface area contributed by atoms with Crippen molar-refractivity contribution in [2.45, 2.75) is 32.6 Å². The average Bonchev–Trinajstić information content (AvgIpc) is 2.35. The van der Waals surface area contributed by atoms with Gasteiger partial charge in [0.25, 0.3) is 0 Å². The predicted molar refractivity (Wildman–Crippen MR) is 65.3 cm³/mol. The molecular formula is C12H19N3O2. The quantitative estimate of drug-likeness (QED) is 0.324. The smallest absolute Gasteiger partial charge is 0.233 e. The van der Waals surface area contributed by atoms with Crippen molar-refractivity contribution in [3.63, 3.8) is 0 Å². The van der Waals surface area contributed by atoms with E-state index in [4.69, 9.17) is 10.6 Å². The van der Waals surface area contributed by atoms with E-state index in [1.807, 2.05) is 19.1 Å². The lowest BCUT2D eigenvalue weighted by molar-refractivity contribution is -0.121. The molecule has 0 aliphatic rings. The molecule has 0 saturated carbocycles. The SMILES string of the molecule is Cc1ncccc1OCCCCCC(=O)NN. The Morgan fingerprint density at radius 2 is 2.29 bits per heavy atom. The lowest BCUT2D eigenvalue weighted by atomic mass is 10.2. The van der Waals surface area contributed by atoms with Crippen molar-refractivity contribution in [1.29, 1.82) is 0 Å². The van der Waals surface area contributed by atoms with Gasteiger partial charge in [0.05, 0.1) is 12.3 Å². The molecule has 1 amide bonds. The van der Waals surface area contributed by atoms with Crippen LogP contribution in [0.1, 0.15) is 31.4 Å². The van der Waals surface area contributed by atoms with Crippen molar-refractivity contribution >= 4 is 5.91 Å². The molecule has 0 fully saturated rings. The van der Waals surface area contributed by atoms with Gasteiger partial charge in [-0.1, -0.05) is 0 Å². The summed E-state index contributed by atoms with van der Waals surface area (Å²) in [4.78, 5) is 15.0. The summed E-state index contributed by atoms with van der Waals surface area (Å²) in [6.07, 6.45) is 4.92. The molecule has 0 saturated heterocycles. The molecule has 1 aromatic heterocycles. The van der Waals surface area contributed by atoms with Gasteiger partial charge < -0.3 is 4.74 Å². The number of amides is 1. The molecule has 1 aromatic rings. The van der Waals surface area contributed by atoms with Crippen molar-refractivity contribution in [2.24, 2.45) is 5.84 Å². The third-order valence-electron chi connectivity index (χ3n) is 2.43. The number of hydrogen-bond acceptors (Lipinski definition) is 4. The number of rotatable bonds is 7. The summed E-state index contributed by atoms with van der Waals surface area (Å²) < 4.78 is 5.58. The van der Waals surface area contributed by atoms with Crippen molar-refractivity contribution in [3.8, 4) is 5.75 Å². The first-order valence-corrected chi connectivity index (χ1v) is 5.78. The van der Waals surface area contributed by atoms with E-state index in [-0.39, 0.29) is 5.91 Å². The van der Waals surface area contributed by atoms with Crippen molar-refractivity contribution in [1.82, 2.24) is 10.4 Å². The molecule has 5 heteroatoms. The highest BCUT2D eigenvalue weighted by molar-refractivity contribution is 5.74. The van der Waals surface area contributed by atoms with Crippen LogP contribution in [0.25, 0.3) is 0 Å². The summed E-state index contributed by atoms with van der Waals surface area (Å²) in [5, 5.41) is 0. The lowest BCUT2D eigenvalue weighted by Crippen LogP contribution is -2.29. The minimum absolute atomic E-state index is 0.117. The van der Waals surface area contributed by atoms with Crippen LogP contribution in [0.4, 0.5) is 0 Å². The molecule has 0 aliphatic carbocycles. The number of hydrogen-bond donors (Lipinski definition) is 2. The number of hydrazine groups is 1. The molecular weight excluding hydrogens is 218 g/mol. The van der Waals surface area contributed by atoms with Gasteiger partial charge in [0.15, 0.2) is 0 Å². The normalized spacial score (nSPS) is 10.0. The largest absolute Gasteiger partial charge is 0.492 e. The minimum atomic E-state index is -0.117. The van der Waals surface area contributed by atoms with Crippen LogP contribution in [-0.2, 0) is 4.79 Å². The number of carbonyl (C=O) groups excluding carboxylic acids is 1. The number of pyridine rings is 1. The van der Waals surface area contributed by atoms with E-state index in [1.165, 1.54) is 0 Å². The second kappa shape index (κ2) is 7.62. The van der Waals surface area contributed by atoms with Gasteiger partial charge in [-0.15, -0.1) is 0 Å². The Kier molecular flexibility index (Phi) is 6.03. The van der Waals surface area contributed by atoms with E-state index < -0.39 is 0 Å². The molecule has 0 aromatic carbocycles. The molecule has 3 N–H and O–H groups in total. The number of nitrogens with zero attached hydrogens (tertiary/aromatic N) is 1. The molecule has 17 heavy (non-hydrogen) atoms. The number of aromatic nitrogens is 1. The van der Waals surface area contributed by atoms with Crippen molar-refractivity contribution in [3.05, 3.63) is 24.0 Å². The molecule has 0 atom stereocenters. The molecule has 1 rings (SSSR count). The first kappa shape index (κ1) is 13.4. The van der Waals surface area contributed by atoms with Gasteiger partial charge in [0, 0.05) is 12.6 Å². The summed E-state index contributed by atoms with van der Waals surface area (Å²) in [5.41, 5.74) is 3.01. The number of ether oxygens (including phenoxy) is 1. The number of carbonyl (C=O) groups is 1. The standard InChI is InChI=1S/C12H19N3O2/c1-10-11(6-5-8-14-10)17-9-4-2-3-7-12(16)15-13/h5-6,8H,2-4,7,9,13H2,1H3,(H,15,16). The van der Waals surface area contributed by atoms with Gasteiger partial charge in [0.1, 0.15) is 5.75 Å². The van der Waals surface area contributed by atoms with Crippen LogP contribution >= 0.6 is 0 Å². The molecule has 1 heterocycles. The second-order valence-electron chi connectivity index (χ2n) is 3.81. The van der Waals surface area contributed by atoms with Crippen molar-refractivity contribution < 1.29 is 9.53 Å². The van der Waals surface area contributed by atoms with Gasteiger partial charge in [-0.25, -0.2) is 5.84 Å². The van der Waals surface area contributed by atoms with Crippen LogP contribution in [0.3, 0.4) is 0 Å². The fraction of sp³-hybridized carbons (Fsp3) is 0.500. The van der Waals surface area contributed by atoms with Gasteiger partial charge >= 0.3 is 0 Å². The molecule has 5 nitrogen and oxygen atoms in total. The molecule has 0 radical (unpaired) electrons. The van der Waals surface area contributed by atoms with Gasteiger partial charge in [-0.2, -0.15) is 0 Å². The summed E-state index contributed by atoms with van der Waals surface area (Å²) in [7, 11) is 0. The van der Waals surface area contributed by atoms with E-state index in [1.54, 1.807) is 6.20 Å². The Labute approximate surface area is 101 Å². The van der Waals surface area contributed by atoms with E-state index >= 15 is 0 Å². The highest BCUT2D eigenvalue weighted by atomic mass is 16.5. The third kappa shape index (κ3) is 5.31. The molecule has 0 aliphatic heterocycles. The van der Waals surface area contributed by atoms with Gasteiger partial charge in [0.2, 0.25) is 5.91 Å². The fourth-order valence-electron chi connectivity index (χ4n) is 1.44. The van der Waals surface area contributed by atoms with E-state index in [9.17, 15) is 4.79 Å². The number of nitrogens with one attached hydrogen (secondary N) is 1. The molecule has 94 valence electrons. The Bertz CT molecular complexity index is 355. The maximum Gasteiger partial charge on any atom is 0.233 e. The maximum atomic E-state index is 10.8.